The van der Waals surface area contributed by atoms with Crippen molar-refractivity contribution in [1.29, 1.82) is 0 Å². The fourth-order valence-electron chi connectivity index (χ4n) is 3.61. The van der Waals surface area contributed by atoms with Crippen molar-refractivity contribution in [2.45, 2.75) is 18.7 Å². The molecule has 0 N–H and O–H groups in total. The Morgan fingerprint density at radius 2 is 1.76 bits per heavy atom. The standard InChI is InChI=1S/C21H23N3O3S2/c1-15-12-16(2)20-18(13-15)22-21(28-20)24-10-8-23(9-11-24)19(25)14-29(26,27)17-6-4-3-5-7-17/h3-7,12-13H,8-11,14H2,1-2H3. The molecule has 2 aromatic carbocycles. The minimum atomic E-state index is -3.62. The van der Waals surface area contributed by atoms with Gasteiger partial charge in [-0.25, -0.2) is 13.4 Å². The molecule has 1 aliphatic rings. The molecule has 0 spiro atoms. The molecule has 0 unspecified atom stereocenters. The summed E-state index contributed by atoms with van der Waals surface area (Å²) in [5.41, 5.74) is 3.43. The fraction of sp³-hybridized carbons (Fsp3) is 0.333. The number of sulfone groups is 1. The molecule has 1 saturated heterocycles. The van der Waals surface area contributed by atoms with Gasteiger partial charge in [0.15, 0.2) is 15.0 Å². The molecule has 29 heavy (non-hydrogen) atoms. The van der Waals surface area contributed by atoms with Gasteiger partial charge in [-0.15, -0.1) is 0 Å². The number of nitrogens with zero attached hydrogens (tertiary/aromatic N) is 3. The summed E-state index contributed by atoms with van der Waals surface area (Å²) < 4.78 is 26.1. The first-order chi connectivity index (χ1) is 13.8. The highest BCUT2D eigenvalue weighted by Crippen LogP contribution is 2.32. The van der Waals surface area contributed by atoms with E-state index in [9.17, 15) is 13.2 Å². The predicted molar refractivity (Wildman–Crippen MR) is 116 cm³/mol. The highest BCUT2D eigenvalue weighted by Gasteiger charge is 2.27. The molecule has 0 saturated carbocycles. The predicted octanol–water partition coefficient (Wildman–Crippen LogP) is 3.04. The molecular formula is C21H23N3O3S2. The molecule has 4 rings (SSSR count). The molecule has 8 heteroatoms. The van der Waals surface area contributed by atoms with Crippen molar-refractivity contribution >= 4 is 42.4 Å². The van der Waals surface area contributed by atoms with Gasteiger partial charge in [0.25, 0.3) is 0 Å². The second-order valence-electron chi connectivity index (χ2n) is 7.37. The third-order valence-corrected chi connectivity index (χ3v) is 8.01. The van der Waals surface area contributed by atoms with Crippen molar-refractivity contribution in [3.63, 3.8) is 0 Å². The van der Waals surface area contributed by atoms with Gasteiger partial charge in [-0.3, -0.25) is 4.79 Å². The van der Waals surface area contributed by atoms with Crippen LogP contribution in [-0.4, -0.2) is 56.1 Å². The van der Waals surface area contributed by atoms with Crippen molar-refractivity contribution in [2.24, 2.45) is 0 Å². The molecule has 1 fully saturated rings. The molecule has 1 aliphatic heterocycles. The number of hydrogen-bond donors (Lipinski definition) is 0. The van der Waals surface area contributed by atoms with E-state index in [1.807, 2.05) is 0 Å². The SMILES string of the molecule is Cc1cc(C)c2sc(N3CCN(C(=O)CS(=O)(=O)c4ccccc4)CC3)nc2c1. The Bertz CT molecular complexity index is 1150. The number of amides is 1. The van der Waals surface area contributed by atoms with Gasteiger partial charge in [-0.2, -0.15) is 0 Å². The maximum Gasteiger partial charge on any atom is 0.238 e. The summed E-state index contributed by atoms with van der Waals surface area (Å²) in [6.07, 6.45) is 0. The first-order valence-electron chi connectivity index (χ1n) is 9.52. The lowest BCUT2D eigenvalue weighted by molar-refractivity contribution is -0.128. The molecule has 0 aliphatic carbocycles. The van der Waals surface area contributed by atoms with Crippen molar-refractivity contribution in [2.75, 3.05) is 36.8 Å². The lowest BCUT2D eigenvalue weighted by Gasteiger charge is -2.34. The summed E-state index contributed by atoms with van der Waals surface area (Å²) in [4.78, 5) is 21.3. The molecule has 1 aromatic heterocycles. The van der Waals surface area contributed by atoms with E-state index in [0.717, 1.165) is 10.6 Å². The van der Waals surface area contributed by atoms with Crippen molar-refractivity contribution in [3.8, 4) is 0 Å². The number of carbonyl (C=O) groups is 1. The van der Waals surface area contributed by atoms with Crippen LogP contribution in [0.5, 0.6) is 0 Å². The van der Waals surface area contributed by atoms with Crippen LogP contribution < -0.4 is 4.90 Å². The van der Waals surface area contributed by atoms with Crippen LogP contribution in [0.3, 0.4) is 0 Å². The Kier molecular flexibility index (Phi) is 5.31. The van der Waals surface area contributed by atoms with Crippen LogP contribution >= 0.6 is 11.3 Å². The van der Waals surface area contributed by atoms with Crippen LogP contribution in [0.2, 0.25) is 0 Å². The number of thiazole rings is 1. The maximum atomic E-state index is 12.6. The number of piperazine rings is 1. The van der Waals surface area contributed by atoms with Crippen LogP contribution in [-0.2, 0) is 14.6 Å². The summed E-state index contributed by atoms with van der Waals surface area (Å²) >= 11 is 1.67. The van der Waals surface area contributed by atoms with E-state index in [1.54, 1.807) is 34.4 Å². The minimum Gasteiger partial charge on any atom is -0.345 e. The molecule has 3 aromatic rings. The first kappa shape index (κ1) is 19.8. The zero-order chi connectivity index (χ0) is 20.6. The van der Waals surface area contributed by atoms with Crippen molar-refractivity contribution in [3.05, 3.63) is 53.6 Å². The van der Waals surface area contributed by atoms with Crippen LogP contribution in [0.1, 0.15) is 11.1 Å². The lowest BCUT2D eigenvalue weighted by Crippen LogP contribution is -2.50. The molecule has 0 bridgehead atoms. The van der Waals surface area contributed by atoms with Crippen LogP contribution in [0.15, 0.2) is 47.4 Å². The number of fused-ring (bicyclic) bond motifs is 1. The fourth-order valence-corrected chi connectivity index (χ4v) is 5.93. The van der Waals surface area contributed by atoms with Gasteiger partial charge in [0, 0.05) is 26.2 Å². The highest BCUT2D eigenvalue weighted by molar-refractivity contribution is 7.92. The molecule has 152 valence electrons. The number of aryl methyl sites for hydroxylation is 2. The quantitative estimate of drug-likeness (QED) is 0.638. The molecule has 0 atom stereocenters. The highest BCUT2D eigenvalue weighted by atomic mass is 32.2. The summed E-state index contributed by atoms with van der Waals surface area (Å²) in [6, 6.07) is 12.4. The zero-order valence-electron chi connectivity index (χ0n) is 16.5. The topological polar surface area (TPSA) is 70.6 Å². The van der Waals surface area contributed by atoms with E-state index in [-0.39, 0.29) is 10.8 Å². The van der Waals surface area contributed by atoms with E-state index >= 15 is 0 Å². The first-order valence-corrected chi connectivity index (χ1v) is 12.0. The van der Waals surface area contributed by atoms with Crippen LogP contribution in [0.4, 0.5) is 5.13 Å². The third kappa shape index (κ3) is 4.13. The number of aromatic nitrogens is 1. The second-order valence-corrected chi connectivity index (χ2v) is 10.3. The average molecular weight is 430 g/mol. The molecular weight excluding hydrogens is 406 g/mol. The van der Waals surface area contributed by atoms with Gasteiger partial charge in [0.2, 0.25) is 5.91 Å². The zero-order valence-corrected chi connectivity index (χ0v) is 18.1. The largest absolute Gasteiger partial charge is 0.345 e. The monoisotopic (exact) mass is 429 g/mol. The number of hydrogen-bond acceptors (Lipinski definition) is 6. The Morgan fingerprint density at radius 1 is 1.07 bits per heavy atom. The van der Waals surface area contributed by atoms with Gasteiger partial charge in [-0.05, 0) is 43.2 Å². The summed E-state index contributed by atoms with van der Waals surface area (Å²) in [5.74, 6) is -0.833. The van der Waals surface area contributed by atoms with Gasteiger partial charge < -0.3 is 9.80 Å². The molecule has 1 amide bonds. The van der Waals surface area contributed by atoms with Gasteiger partial charge in [-0.1, -0.05) is 35.6 Å². The van der Waals surface area contributed by atoms with E-state index in [0.29, 0.717) is 26.2 Å². The van der Waals surface area contributed by atoms with E-state index in [1.165, 1.54) is 28.0 Å². The number of carbonyl (C=O) groups excluding carboxylic acids is 1. The molecule has 0 radical (unpaired) electrons. The van der Waals surface area contributed by atoms with E-state index in [4.69, 9.17) is 4.98 Å². The van der Waals surface area contributed by atoms with Gasteiger partial charge >= 0.3 is 0 Å². The molecule has 6 nitrogen and oxygen atoms in total. The second kappa shape index (κ2) is 7.76. The normalized spacial score (nSPS) is 15.1. The summed E-state index contributed by atoms with van der Waals surface area (Å²) in [6.45, 7) is 6.46. The Labute approximate surface area is 174 Å². The summed E-state index contributed by atoms with van der Waals surface area (Å²) in [7, 11) is -3.62. The van der Waals surface area contributed by atoms with Crippen molar-refractivity contribution in [1.82, 2.24) is 9.88 Å². The van der Waals surface area contributed by atoms with Crippen LogP contribution in [0, 0.1) is 13.8 Å². The summed E-state index contributed by atoms with van der Waals surface area (Å²) in [5, 5.41) is 0.956. The molecule has 2 heterocycles. The van der Waals surface area contributed by atoms with Crippen LogP contribution in [0.25, 0.3) is 10.2 Å². The third-order valence-electron chi connectivity index (χ3n) is 5.13. The average Bonchev–Trinajstić information content (AvgIpc) is 3.13. The lowest BCUT2D eigenvalue weighted by atomic mass is 10.1. The minimum absolute atomic E-state index is 0.187. The maximum absolute atomic E-state index is 12.6. The Morgan fingerprint density at radius 3 is 2.45 bits per heavy atom. The Hall–Kier alpha value is -2.45. The number of rotatable bonds is 4. The Balaban J connectivity index is 1.42. The van der Waals surface area contributed by atoms with E-state index in [2.05, 4.69) is 30.9 Å². The number of benzene rings is 2. The smallest absolute Gasteiger partial charge is 0.238 e. The van der Waals surface area contributed by atoms with E-state index < -0.39 is 15.6 Å². The van der Waals surface area contributed by atoms with Gasteiger partial charge in [0.1, 0.15) is 5.75 Å². The number of anilines is 1. The van der Waals surface area contributed by atoms with Gasteiger partial charge in [0.05, 0.1) is 15.1 Å². The van der Waals surface area contributed by atoms with Crippen molar-refractivity contribution < 1.29 is 13.2 Å².